The quantitative estimate of drug-likeness (QED) is 0.185. The molecule has 6 N–H and O–H groups in total. The summed E-state index contributed by atoms with van der Waals surface area (Å²) in [6.07, 6.45) is 8.56. The maximum absolute atomic E-state index is 11.1. The van der Waals surface area contributed by atoms with Crippen LogP contribution in [0.5, 0.6) is 0 Å². The van der Waals surface area contributed by atoms with Crippen molar-refractivity contribution in [2.45, 2.75) is 57.5 Å². The average molecular weight is 388 g/mol. The molecule has 4 atom stereocenters. The number of aliphatic hydroxyl groups excluding tert-OH is 1. The SMILES string of the molecule is C[C@]12CC[C@H](CCCO)C[C@@]1(O)CC[C@@H]2C=NOCCN.O=C(O)C(=O)O. The lowest BCUT2D eigenvalue weighted by atomic mass is 9.60. The van der Waals surface area contributed by atoms with Gasteiger partial charge >= 0.3 is 11.9 Å². The molecule has 9 heteroatoms. The monoisotopic (exact) mass is 388 g/mol. The van der Waals surface area contributed by atoms with Crippen LogP contribution in [-0.2, 0) is 14.4 Å². The lowest BCUT2D eigenvalue weighted by molar-refractivity contribution is -0.159. The van der Waals surface area contributed by atoms with E-state index in [1.807, 2.05) is 6.21 Å². The van der Waals surface area contributed by atoms with Gasteiger partial charge in [0.05, 0.1) is 5.60 Å². The molecule has 0 saturated heterocycles. The zero-order chi connectivity index (χ0) is 20.5. The number of hydrogen-bond donors (Lipinski definition) is 5. The largest absolute Gasteiger partial charge is 0.473 e. The van der Waals surface area contributed by atoms with Crippen molar-refractivity contribution in [3.8, 4) is 0 Å². The number of aliphatic carboxylic acids is 2. The van der Waals surface area contributed by atoms with Crippen LogP contribution in [0.3, 0.4) is 0 Å². The minimum absolute atomic E-state index is 0.0989. The molecule has 0 aromatic rings. The lowest BCUT2D eigenvalue weighted by Crippen LogP contribution is -2.50. The minimum Gasteiger partial charge on any atom is -0.473 e. The second-order valence-corrected chi connectivity index (χ2v) is 7.56. The smallest absolute Gasteiger partial charge is 0.414 e. The molecule has 2 aliphatic carbocycles. The van der Waals surface area contributed by atoms with E-state index < -0.39 is 17.5 Å². The summed E-state index contributed by atoms with van der Waals surface area (Å²) in [4.78, 5) is 23.3. The summed E-state index contributed by atoms with van der Waals surface area (Å²) in [6.45, 7) is 3.35. The number of oxime groups is 1. The molecule has 0 heterocycles. The summed E-state index contributed by atoms with van der Waals surface area (Å²) in [5, 5.41) is 38.9. The molecule has 27 heavy (non-hydrogen) atoms. The first-order valence-corrected chi connectivity index (χ1v) is 9.35. The van der Waals surface area contributed by atoms with Crippen molar-refractivity contribution in [3.63, 3.8) is 0 Å². The molecule has 2 rings (SSSR count). The number of fused-ring (bicyclic) bond motifs is 1. The van der Waals surface area contributed by atoms with Gasteiger partial charge in [-0.25, -0.2) is 9.59 Å². The van der Waals surface area contributed by atoms with E-state index in [1.54, 1.807) is 0 Å². The van der Waals surface area contributed by atoms with Gasteiger partial charge in [0.15, 0.2) is 0 Å². The van der Waals surface area contributed by atoms with Crippen LogP contribution in [0.15, 0.2) is 5.16 Å². The van der Waals surface area contributed by atoms with E-state index >= 15 is 0 Å². The Morgan fingerprint density at radius 3 is 2.48 bits per heavy atom. The highest BCUT2D eigenvalue weighted by molar-refractivity contribution is 6.27. The average Bonchev–Trinajstić information content (AvgIpc) is 2.88. The van der Waals surface area contributed by atoms with Gasteiger partial charge in [-0.2, -0.15) is 0 Å². The highest BCUT2D eigenvalue weighted by Gasteiger charge is 2.58. The standard InChI is InChI=1S/C16H30N2O3.C2H2O4/c1-15-6-4-13(3-2-9-19)11-16(15,20)7-5-14(15)12-18-21-10-8-17;3-1(4)2(5)6/h12-14,19-20H,2-11,17H2,1H3;(H,3,4)(H,5,6)/t13-,14+,15+,16-;/m0./s1. The number of carbonyl (C=O) groups is 2. The number of rotatable bonds is 7. The molecule has 156 valence electrons. The van der Waals surface area contributed by atoms with Gasteiger partial charge in [-0.1, -0.05) is 12.1 Å². The van der Waals surface area contributed by atoms with E-state index in [2.05, 4.69) is 12.1 Å². The van der Waals surface area contributed by atoms with Crippen LogP contribution in [0, 0.1) is 17.3 Å². The fraction of sp³-hybridized carbons (Fsp3) is 0.833. The van der Waals surface area contributed by atoms with Gasteiger partial charge in [0.2, 0.25) is 0 Å². The van der Waals surface area contributed by atoms with Crippen LogP contribution in [0.1, 0.15) is 51.9 Å². The predicted octanol–water partition coefficient (Wildman–Crippen LogP) is 0.823. The highest BCUT2D eigenvalue weighted by Crippen LogP contribution is 2.59. The molecular weight excluding hydrogens is 356 g/mol. The van der Waals surface area contributed by atoms with Gasteiger partial charge < -0.3 is 31.0 Å². The number of aliphatic hydroxyl groups is 2. The second-order valence-electron chi connectivity index (χ2n) is 7.56. The van der Waals surface area contributed by atoms with Crippen molar-refractivity contribution in [2.24, 2.45) is 28.1 Å². The Balaban J connectivity index is 0.000000527. The van der Waals surface area contributed by atoms with Gasteiger partial charge in [0.1, 0.15) is 6.61 Å². The summed E-state index contributed by atoms with van der Waals surface area (Å²) in [5.74, 6) is -2.83. The van der Waals surface area contributed by atoms with Gasteiger partial charge in [0.25, 0.3) is 0 Å². The van der Waals surface area contributed by atoms with Gasteiger partial charge in [0, 0.05) is 30.7 Å². The van der Waals surface area contributed by atoms with E-state index in [0.717, 1.165) is 44.9 Å². The van der Waals surface area contributed by atoms with E-state index in [0.29, 0.717) is 19.1 Å². The number of carboxylic acid groups (broad SMARTS) is 2. The van der Waals surface area contributed by atoms with Crippen molar-refractivity contribution >= 4 is 18.2 Å². The van der Waals surface area contributed by atoms with Crippen molar-refractivity contribution in [1.29, 1.82) is 0 Å². The Bertz CT molecular complexity index is 516. The summed E-state index contributed by atoms with van der Waals surface area (Å²) < 4.78 is 0. The third kappa shape index (κ3) is 6.15. The van der Waals surface area contributed by atoms with Gasteiger partial charge in [-0.3, -0.25) is 0 Å². The third-order valence-corrected chi connectivity index (χ3v) is 5.93. The van der Waals surface area contributed by atoms with Crippen molar-refractivity contribution in [2.75, 3.05) is 19.8 Å². The maximum Gasteiger partial charge on any atom is 0.414 e. The Kier molecular flexibility index (Phi) is 9.14. The van der Waals surface area contributed by atoms with E-state index in [-0.39, 0.29) is 17.9 Å². The Morgan fingerprint density at radius 1 is 1.26 bits per heavy atom. The molecule has 2 aliphatic rings. The van der Waals surface area contributed by atoms with Crippen molar-refractivity contribution in [3.05, 3.63) is 0 Å². The number of carboxylic acids is 2. The molecule has 0 unspecified atom stereocenters. The first-order valence-electron chi connectivity index (χ1n) is 9.35. The zero-order valence-electron chi connectivity index (χ0n) is 15.8. The Hall–Kier alpha value is -1.71. The van der Waals surface area contributed by atoms with Crippen LogP contribution in [0.25, 0.3) is 0 Å². The van der Waals surface area contributed by atoms with Crippen LogP contribution in [0.4, 0.5) is 0 Å². The van der Waals surface area contributed by atoms with Crippen LogP contribution in [0.2, 0.25) is 0 Å². The fourth-order valence-electron chi connectivity index (χ4n) is 4.27. The van der Waals surface area contributed by atoms with Gasteiger partial charge in [-0.15, -0.1) is 0 Å². The summed E-state index contributed by atoms with van der Waals surface area (Å²) >= 11 is 0. The molecule has 2 fully saturated rings. The topological polar surface area (TPSA) is 163 Å². The lowest BCUT2D eigenvalue weighted by Gasteiger charge is -2.48. The predicted molar refractivity (Wildman–Crippen MR) is 98.2 cm³/mol. The Labute approximate surface area is 159 Å². The van der Waals surface area contributed by atoms with Crippen molar-refractivity contribution in [1.82, 2.24) is 0 Å². The minimum atomic E-state index is -1.82. The normalized spacial score (nSPS) is 32.4. The molecule has 0 aliphatic heterocycles. The molecule has 0 spiro atoms. The molecule has 0 bridgehead atoms. The van der Waals surface area contributed by atoms with Gasteiger partial charge in [-0.05, 0) is 50.9 Å². The molecule has 0 aromatic carbocycles. The fourth-order valence-corrected chi connectivity index (χ4v) is 4.27. The van der Waals surface area contributed by atoms with Crippen LogP contribution >= 0.6 is 0 Å². The molecule has 0 radical (unpaired) electrons. The highest BCUT2D eigenvalue weighted by atomic mass is 16.6. The molecule has 2 saturated carbocycles. The summed E-state index contributed by atoms with van der Waals surface area (Å²) in [6, 6.07) is 0. The van der Waals surface area contributed by atoms with Crippen molar-refractivity contribution < 1.29 is 34.9 Å². The molecule has 0 aromatic heterocycles. The number of nitrogens with two attached hydrogens (primary N) is 1. The first kappa shape index (κ1) is 23.3. The van der Waals surface area contributed by atoms with E-state index in [1.165, 1.54) is 0 Å². The van der Waals surface area contributed by atoms with Crippen LogP contribution < -0.4 is 5.73 Å². The first-order chi connectivity index (χ1) is 12.7. The Morgan fingerprint density at radius 2 is 1.93 bits per heavy atom. The maximum atomic E-state index is 11.1. The molecule has 9 nitrogen and oxygen atoms in total. The van der Waals surface area contributed by atoms with Crippen LogP contribution in [-0.4, -0.2) is 63.9 Å². The van der Waals surface area contributed by atoms with E-state index in [4.69, 9.17) is 35.5 Å². The summed E-state index contributed by atoms with van der Waals surface area (Å²) in [5.41, 5.74) is 4.69. The number of nitrogens with zero attached hydrogens (tertiary/aromatic N) is 1. The second kappa shape index (κ2) is 10.6. The zero-order valence-corrected chi connectivity index (χ0v) is 15.8. The summed E-state index contributed by atoms with van der Waals surface area (Å²) in [7, 11) is 0. The number of hydrogen-bond acceptors (Lipinski definition) is 7. The third-order valence-electron chi connectivity index (χ3n) is 5.93. The molecule has 0 amide bonds. The van der Waals surface area contributed by atoms with E-state index in [9.17, 15) is 5.11 Å². The molecular formula is C18H32N2O7.